The lowest BCUT2D eigenvalue weighted by atomic mass is 9.99. The number of hydrogen-bond acceptors (Lipinski definition) is 6. The number of aromatic nitrogens is 1. The Balaban J connectivity index is 1.68. The van der Waals surface area contributed by atoms with Gasteiger partial charge in [0.1, 0.15) is 10.5 Å². The summed E-state index contributed by atoms with van der Waals surface area (Å²) < 4.78 is 63.9. The molecule has 1 aliphatic rings. The van der Waals surface area contributed by atoms with E-state index in [0.717, 1.165) is 9.54 Å². The van der Waals surface area contributed by atoms with Gasteiger partial charge >= 0.3 is 6.09 Å². The molecule has 11 heteroatoms. The highest BCUT2D eigenvalue weighted by molar-refractivity contribution is 7.91. The van der Waals surface area contributed by atoms with E-state index in [1.165, 1.54) is 18.3 Å². The summed E-state index contributed by atoms with van der Waals surface area (Å²) in [6.07, 6.45) is 1.61. The van der Waals surface area contributed by atoms with Crippen molar-refractivity contribution in [3.8, 4) is 0 Å². The van der Waals surface area contributed by atoms with E-state index in [0.29, 0.717) is 36.8 Å². The molecule has 1 saturated heterocycles. The lowest BCUT2D eigenvalue weighted by molar-refractivity contribution is 0.0203. The van der Waals surface area contributed by atoms with Crippen LogP contribution in [0.25, 0.3) is 10.9 Å². The van der Waals surface area contributed by atoms with Gasteiger partial charge in [0.15, 0.2) is 0 Å². The third kappa shape index (κ3) is 5.74. The van der Waals surface area contributed by atoms with E-state index in [1.54, 1.807) is 56.0 Å². The van der Waals surface area contributed by atoms with Crippen molar-refractivity contribution in [2.24, 2.45) is 0 Å². The normalized spacial score (nSPS) is 15.8. The van der Waals surface area contributed by atoms with Crippen LogP contribution in [-0.4, -0.2) is 56.5 Å². The molecule has 1 aliphatic heterocycles. The van der Waals surface area contributed by atoms with Crippen LogP contribution in [0.5, 0.6) is 0 Å². The van der Waals surface area contributed by atoms with Crippen molar-refractivity contribution in [1.82, 2.24) is 13.6 Å². The minimum Gasteiger partial charge on any atom is -0.444 e. The molecule has 0 atom stereocenters. The SMILES string of the molecule is CC(C)c1cccc2c1c(S(=O)(=O)NC1CCN(C(=O)OC(C)(C)C)CC1)cn2S(=O)(=O)c1ccccc1. The van der Waals surface area contributed by atoms with E-state index in [1.807, 2.05) is 19.9 Å². The molecule has 0 spiro atoms. The number of sulfonamides is 1. The molecule has 0 bridgehead atoms. The van der Waals surface area contributed by atoms with E-state index in [2.05, 4.69) is 4.72 Å². The third-order valence-corrected chi connectivity index (χ3v) is 9.69. The van der Waals surface area contributed by atoms with E-state index in [9.17, 15) is 21.6 Å². The molecule has 1 N–H and O–H groups in total. The second-order valence-corrected chi connectivity index (χ2v) is 14.4. The van der Waals surface area contributed by atoms with Crippen LogP contribution in [-0.2, 0) is 24.8 Å². The highest BCUT2D eigenvalue weighted by Crippen LogP contribution is 2.35. The zero-order valence-electron chi connectivity index (χ0n) is 22.3. The first-order valence-corrected chi connectivity index (χ1v) is 15.6. The van der Waals surface area contributed by atoms with Crippen molar-refractivity contribution < 1.29 is 26.4 Å². The zero-order valence-corrected chi connectivity index (χ0v) is 24.0. The van der Waals surface area contributed by atoms with Gasteiger partial charge in [-0.2, -0.15) is 0 Å². The molecule has 0 radical (unpaired) electrons. The van der Waals surface area contributed by atoms with E-state index < -0.39 is 37.8 Å². The predicted molar refractivity (Wildman–Crippen MR) is 146 cm³/mol. The number of piperidine rings is 1. The fourth-order valence-electron chi connectivity index (χ4n) is 4.63. The molecule has 1 amide bonds. The maximum Gasteiger partial charge on any atom is 0.410 e. The van der Waals surface area contributed by atoms with Gasteiger partial charge in [-0.15, -0.1) is 0 Å². The number of rotatable bonds is 6. The van der Waals surface area contributed by atoms with Crippen molar-refractivity contribution in [2.75, 3.05) is 13.1 Å². The number of carbonyl (C=O) groups is 1. The van der Waals surface area contributed by atoms with E-state index >= 15 is 0 Å². The summed E-state index contributed by atoms with van der Waals surface area (Å²) in [4.78, 5) is 14.0. The number of nitrogens with zero attached hydrogens (tertiary/aromatic N) is 2. The van der Waals surface area contributed by atoms with Crippen LogP contribution in [0.4, 0.5) is 4.79 Å². The first-order chi connectivity index (χ1) is 17.7. The first kappa shape index (κ1) is 28.1. The first-order valence-electron chi connectivity index (χ1n) is 12.7. The van der Waals surface area contributed by atoms with Crippen LogP contribution < -0.4 is 4.72 Å². The number of fused-ring (bicyclic) bond motifs is 1. The molecule has 0 saturated carbocycles. The summed E-state index contributed by atoms with van der Waals surface area (Å²) in [6.45, 7) is 9.97. The molecular formula is C27H35N3O6S2. The highest BCUT2D eigenvalue weighted by atomic mass is 32.2. The average Bonchev–Trinajstić information content (AvgIpc) is 3.25. The fourth-order valence-corrected chi connectivity index (χ4v) is 7.62. The van der Waals surface area contributed by atoms with Crippen molar-refractivity contribution >= 4 is 37.0 Å². The minimum atomic E-state index is -4.10. The standard InChI is InChI=1S/C27H35N3O6S2/c1-19(2)22-12-9-13-23-25(22)24(18-30(23)38(34,35)21-10-7-6-8-11-21)37(32,33)28-20-14-16-29(17-15-20)26(31)36-27(3,4)5/h6-13,18-20,28H,14-17H2,1-5H3. The van der Waals surface area contributed by atoms with E-state index in [4.69, 9.17) is 4.74 Å². The Kier molecular flexibility index (Phi) is 7.66. The largest absolute Gasteiger partial charge is 0.444 e. The Bertz CT molecular complexity index is 1530. The third-order valence-electron chi connectivity index (χ3n) is 6.47. The second kappa shape index (κ2) is 10.3. The number of nitrogens with one attached hydrogen (secondary N) is 1. The Labute approximate surface area is 224 Å². The van der Waals surface area contributed by atoms with Gasteiger partial charge in [0.05, 0.1) is 10.4 Å². The molecule has 0 aliphatic carbocycles. The van der Waals surface area contributed by atoms with Gasteiger partial charge in [0.2, 0.25) is 10.0 Å². The van der Waals surface area contributed by atoms with Gasteiger partial charge in [-0.05, 0) is 63.3 Å². The minimum absolute atomic E-state index is 0.0417. The predicted octanol–water partition coefficient (Wildman–Crippen LogP) is 4.68. The molecule has 0 unspecified atom stereocenters. The van der Waals surface area contributed by atoms with Crippen LogP contribution >= 0.6 is 0 Å². The van der Waals surface area contributed by atoms with Gasteiger partial charge in [-0.3, -0.25) is 0 Å². The van der Waals surface area contributed by atoms with Crippen LogP contribution in [0.15, 0.2) is 64.5 Å². The van der Waals surface area contributed by atoms with Crippen LogP contribution in [0.2, 0.25) is 0 Å². The topological polar surface area (TPSA) is 115 Å². The number of amides is 1. The van der Waals surface area contributed by atoms with Gasteiger partial charge in [-0.25, -0.2) is 30.3 Å². The summed E-state index contributed by atoms with van der Waals surface area (Å²) >= 11 is 0. The smallest absolute Gasteiger partial charge is 0.410 e. The molecule has 9 nitrogen and oxygen atoms in total. The summed E-state index contributed by atoms with van der Waals surface area (Å²) in [5, 5.41) is 0.390. The van der Waals surface area contributed by atoms with Crippen molar-refractivity contribution in [2.45, 2.75) is 74.8 Å². The molecule has 2 aromatic carbocycles. The Morgan fingerprint density at radius 1 is 0.974 bits per heavy atom. The second-order valence-electron chi connectivity index (χ2n) is 10.9. The van der Waals surface area contributed by atoms with Gasteiger partial charge < -0.3 is 9.64 Å². The maximum absolute atomic E-state index is 13.7. The maximum atomic E-state index is 13.7. The molecule has 1 fully saturated rings. The monoisotopic (exact) mass is 561 g/mol. The Hall–Kier alpha value is -2.89. The highest BCUT2D eigenvalue weighted by Gasteiger charge is 2.33. The van der Waals surface area contributed by atoms with Crippen LogP contribution in [0.1, 0.15) is 58.9 Å². The summed E-state index contributed by atoms with van der Waals surface area (Å²) in [7, 11) is -8.15. The van der Waals surface area contributed by atoms with Gasteiger partial charge in [0.25, 0.3) is 10.0 Å². The molecule has 4 rings (SSSR count). The van der Waals surface area contributed by atoms with Crippen molar-refractivity contribution in [1.29, 1.82) is 0 Å². The van der Waals surface area contributed by atoms with Crippen LogP contribution in [0.3, 0.4) is 0 Å². The van der Waals surface area contributed by atoms with Crippen molar-refractivity contribution in [3.05, 3.63) is 60.3 Å². The zero-order chi connectivity index (χ0) is 27.9. The number of likely N-dealkylation sites (tertiary alicyclic amines) is 1. The molecular weight excluding hydrogens is 526 g/mol. The number of ether oxygens (including phenoxy) is 1. The Morgan fingerprint density at radius 2 is 1.61 bits per heavy atom. The van der Waals surface area contributed by atoms with Gasteiger partial charge in [0, 0.05) is 30.7 Å². The summed E-state index contributed by atoms with van der Waals surface area (Å²) in [6, 6.07) is 12.7. The number of carbonyl (C=O) groups excluding carboxylic acids is 1. The fraction of sp³-hybridized carbons (Fsp3) is 0.444. The molecule has 38 heavy (non-hydrogen) atoms. The lowest BCUT2D eigenvalue weighted by Gasteiger charge is -2.33. The average molecular weight is 562 g/mol. The van der Waals surface area contributed by atoms with Gasteiger partial charge in [-0.1, -0.05) is 44.2 Å². The molecule has 2 heterocycles. The van der Waals surface area contributed by atoms with E-state index in [-0.39, 0.29) is 15.7 Å². The molecule has 3 aromatic rings. The lowest BCUT2D eigenvalue weighted by Crippen LogP contribution is -2.47. The summed E-state index contributed by atoms with van der Waals surface area (Å²) in [5.74, 6) is -0.0417. The molecule has 1 aromatic heterocycles. The number of benzene rings is 2. The van der Waals surface area contributed by atoms with Crippen molar-refractivity contribution in [3.63, 3.8) is 0 Å². The Morgan fingerprint density at radius 3 is 2.18 bits per heavy atom. The quantitative estimate of drug-likeness (QED) is 0.467. The van der Waals surface area contributed by atoms with Crippen LogP contribution in [0, 0.1) is 0 Å². The summed E-state index contributed by atoms with van der Waals surface area (Å²) in [5.41, 5.74) is 0.433. The number of hydrogen-bond donors (Lipinski definition) is 1. The molecule has 206 valence electrons.